The van der Waals surface area contributed by atoms with Crippen LogP contribution in [0.4, 0.5) is 0 Å². The summed E-state index contributed by atoms with van der Waals surface area (Å²) in [5.74, 6) is 0.263. The molecule has 0 aromatic heterocycles. The van der Waals surface area contributed by atoms with Gasteiger partial charge in [0.2, 0.25) is 0 Å². The van der Waals surface area contributed by atoms with Crippen LogP contribution in [0.2, 0.25) is 0 Å². The van der Waals surface area contributed by atoms with Crippen molar-refractivity contribution >= 4 is 11.8 Å². The lowest BCUT2D eigenvalue weighted by Crippen LogP contribution is -2.47. The molecule has 2 aromatic rings. The van der Waals surface area contributed by atoms with Crippen LogP contribution in [0.5, 0.6) is 5.75 Å². The van der Waals surface area contributed by atoms with E-state index >= 15 is 0 Å². The van der Waals surface area contributed by atoms with Crippen LogP contribution in [0, 0.1) is 6.92 Å². The highest BCUT2D eigenvalue weighted by molar-refractivity contribution is 5.96. The summed E-state index contributed by atoms with van der Waals surface area (Å²) in [5.41, 5.74) is 7.36. The number of rotatable bonds is 5. The van der Waals surface area contributed by atoms with Crippen LogP contribution in [-0.4, -0.2) is 17.9 Å². The quantitative estimate of drug-likeness (QED) is 0.820. The minimum atomic E-state index is -0.734. The van der Waals surface area contributed by atoms with Crippen molar-refractivity contribution in [2.75, 3.05) is 0 Å². The Kier molecular flexibility index (Phi) is 6.17. The first kappa shape index (κ1) is 18.5. The average Bonchev–Trinajstić information content (AvgIpc) is 2.60. The molecule has 1 atom stereocenters. The molecule has 132 valence electrons. The van der Waals surface area contributed by atoms with Gasteiger partial charge in [0.05, 0.1) is 0 Å². The molecule has 5 heteroatoms. The van der Waals surface area contributed by atoms with Crippen molar-refractivity contribution < 1.29 is 14.3 Å². The molecule has 25 heavy (non-hydrogen) atoms. The van der Waals surface area contributed by atoms with E-state index < -0.39 is 12.0 Å². The molecule has 0 saturated heterocycles. The summed E-state index contributed by atoms with van der Waals surface area (Å²) in [6.45, 7) is 7.70. The Hall–Kier alpha value is -2.82. The Bertz CT molecular complexity index is 739. The summed E-state index contributed by atoms with van der Waals surface area (Å²) in [5, 5.41) is 0. The van der Waals surface area contributed by atoms with Crippen molar-refractivity contribution in [1.82, 2.24) is 10.9 Å². The van der Waals surface area contributed by atoms with Gasteiger partial charge in [0, 0.05) is 5.56 Å². The lowest BCUT2D eigenvalue weighted by molar-refractivity contribution is -0.128. The number of ether oxygens (including phenoxy) is 1. The highest BCUT2D eigenvalue weighted by Gasteiger charge is 2.16. The number of nitrogens with one attached hydrogen (secondary N) is 2. The van der Waals surface area contributed by atoms with Crippen LogP contribution >= 0.6 is 0 Å². The molecule has 0 unspecified atom stereocenters. The standard InChI is InChI=1S/C20H24N2O3/c1-13(2)16-9-11-17(12-10-16)25-15(4)19(23)21-22-20(24)18-8-6-5-7-14(18)3/h5-13,15H,1-4H3,(H,21,23)(H,22,24)/t15-/m1/s1. The van der Waals surface area contributed by atoms with Gasteiger partial charge in [-0.15, -0.1) is 0 Å². The molecular weight excluding hydrogens is 316 g/mol. The third-order valence-electron chi connectivity index (χ3n) is 3.92. The van der Waals surface area contributed by atoms with Gasteiger partial charge in [0.15, 0.2) is 6.10 Å². The van der Waals surface area contributed by atoms with Crippen LogP contribution < -0.4 is 15.6 Å². The maximum Gasteiger partial charge on any atom is 0.279 e. The fourth-order valence-corrected chi connectivity index (χ4v) is 2.30. The molecule has 2 amide bonds. The second kappa shape index (κ2) is 8.33. The van der Waals surface area contributed by atoms with Gasteiger partial charge < -0.3 is 4.74 Å². The first-order chi connectivity index (χ1) is 11.9. The zero-order valence-electron chi connectivity index (χ0n) is 15.0. The van der Waals surface area contributed by atoms with Crippen molar-refractivity contribution in [2.24, 2.45) is 0 Å². The van der Waals surface area contributed by atoms with E-state index in [2.05, 4.69) is 24.7 Å². The topological polar surface area (TPSA) is 67.4 Å². The first-order valence-corrected chi connectivity index (χ1v) is 8.31. The zero-order valence-corrected chi connectivity index (χ0v) is 15.0. The zero-order chi connectivity index (χ0) is 18.4. The van der Waals surface area contributed by atoms with E-state index in [1.54, 1.807) is 19.1 Å². The smallest absolute Gasteiger partial charge is 0.279 e. The molecule has 5 nitrogen and oxygen atoms in total. The summed E-state index contributed by atoms with van der Waals surface area (Å²) >= 11 is 0. The van der Waals surface area contributed by atoms with E-state index in [0.29, 0.717) is 17.2 Å². The van der Waals surface area contributed by atoms with Crippen LogP contribution in [-0.2, 0) is 4.79 Å². The Balaban J connectivity index is 1.88. The summed E-state index contributed by atoms with van der Waals surface area (Å²) in [4.78, 5) is 24.2. The summed E-state index contributed by atoms with van der Waals surface area (Å²) < 4.78 is 5.61. The number of hydrogen-bond acceptors (Lipinski definition) is 3. The van der Waals surface area contributed by atoms with E-state index in [1.807, 2.05) is 43.3 Å². The second-order valence-electron chi connectivity index (χ2n) is 6.24. The molecule has 0 fully saturated rings. The molecule has 0 saturated carbocycles. The van der Waals surface area contributed by atoms with Crippen LogP contribution in [0.3, 0.4) is 0 Å². The Morgan fingerprint density at radius 2 is 1.56 bits per heavy atom. The van der Waals surface area contributed by atoms with Crippen molar-refractivity contribution in [3.05, 3.63) is 65.2 Å². The van der Waals surface area contributed by atoms with Crippen LogP contribution in [0.25, 0.3) is 0 Å². The van der Waals surface area contributed by atoms with Crippen LogP contribution in [0.15, 0.2) is 48.5 Å². The maximum absolute atomic E-state index is 12.1. The number of benzene rings is 2. The van der Waals surface area contributed by atoms with Gasteiger partial charge in [-0.25, -0.2) is 0 Å². The van der Waals surface area contributed by atoms with Crippen LogP contribution in [0.1, 0.15) is 48.2 Å². The number of hydrazine groups is 1. The van der Waals surface area contributed by atoms with Gasteiger partial charge in [-0.3, -0.25) is 20.4 Å². The molecule has 2 N–H and O–H groups in total. The van der Waals surface area contributed by atoms with Gasteiger partial charge in [0.1, 0.15) is 5.75 Å². The third kappa shape index (κ3) is 5.08. The predicted octanol–water partition coefficient (Wildman–Crippen LogP) is 3.35. The van der Waals surface area contributed by atoms with Crippen molar-refractivity contribution in [3.63, 3.8) is 0 Å². The van der Waals surface area contributed by atoms with Gasteiger partial charge in [-0.1, -0.05) is 44.2 Å². The van der Waals surface area contributed by atoms with E-state index in [-0.39, 0.29) is 5.91 Å². The summed E-state index contributed by atoms with van der Waals surface area (Å²) in [7, 11) is 0. The molecule has 2 rings (SSSR count). The number of carbonyl (C=O) groups excluding carboxylic acids is 2. The number of hydrogen-bond donors (Lipinski definition) is 2. The normalized spacial score (nSPS) is 11.7. The monoisotopic (exact) mass is 340 g/mol. The molecule has 2 aromatic carbocycles. The Morgan fingerprint density at radius 3 is 2.16 bits per heavy atom. The molecular formula is C20H24N2O3. The molecule has 0 aliphatic heterocycles. The van der Waals surface area contributed by atoms with Gasteiger partial charge in [0.25, 0.3) is 11.8 Å². The van der Waals surface area contributed by atoms with E-state index in [0.717, 1.165) is 5.56 Å². The molecule has 0 aliphatic carbocycles. The largest absolute Gasteiger partial charge is 0.481 e. The lowest BCUT2D eigenvalue weighted by Gasteiger charge is -2.16. The minimum absolute atomic E-state index is 0.361. The SMILES string of the molecule is Cc1ccccc1C(=O)NNC(=O)[C@@H](C)Oc1ccc(C(C)C)cc1. The molecule has 0 aliphatic rings. The number of carbonyl (C=O) groups is 2. The van der Waals surface area contributed by atoms with Gasteiger partial charge in [-0.05, 0) is 49.1 Å². The Labute approximate surface area is 148 Å². The minimum Gasteiger partial charge on any atom is -0.481 e. The third-order valence-corrected chi connectivity index (χ3v) is 3.92. The van der Waals surface area contributed by atoms with Gasteiger partial charge >= 0.3 is 0 Å². The highest BCUT2D eigenvalue weighted by Crippen LogP contribution is 2.19. The number of amides is 2. The molecule has 0 bridgehead atoms. The van der Waals surface area contributed by atoms with Crippen molar-refractivity contribution in [1.29, 1.82) is 0 Å². The highest BCUT2D eigenvalue weighted by atomic mass is 16.5. The predicted molar refractivity (Wildman–Crippen MR) is 97.4 cm³/mol. The fourth-order valence-electron chi connectivity index (χ4n) is 2.30. The van der Waals surface area contributed by atoms with Gasteiger partial charge in [-0.2, -0.15) is 0 Å². The van der Waals surface area contributed by atoms with Crippen molar-refractivity contribution in [2.45, 2.75) is 39.7 Å². The van der Waals surface area contributed by atoms with Crippen molar-refractivity contribution in [3.8, 4) is 5.75 Å². The Morgan fingerprint density at radius 1 is 0.920 bits per heavy atom. The molecule has 0 heterocycles. The fraction of sp³-hybridized carbons (Fsp3) is 0.300. The summed E-state index contributed by atoms with van der Waals surface area (Å²) in [6.07, 6.45) is -0.734. The lowest BCUT2D eigenvalue weighted by atomic mass is 10.0. The second-order valence-corrected chi connectivity index (χ2v) is 6.24. The average molecular weight is 340 g/mol. The first-order valence-electron chi connectivity index (χ1n) is 8.31. The van der Waals surface area contributed by atoms with E-state index in [4.69, 9.17) is 4.74 Å². The summed E-state index contributed by atoms with van der Waals surface area (Å²) in [6, 6.07) is 14.8. The van der Waals surface area contributed by atoms with E-state index in [1.165, 1.54) is 5.56 Å². The maximum atomic E-state index is 12.1. The molecule has 0 radical (unpaired) electrons. The number of aryl methyl sites for hydroxylation is 1. The molecule has 0 spiro atoms. The van der Waals surface area contributed by atoms with E-state index in [9.17, 15) is 9.59 Å².